The Labute approximate surface area is 337 Å². The summed E-state index contributed by atoms with van der Waals surface area (Å²) in [6, 6.07) is 69.2. The summed E-state index contributed by atoms with van der Waals surface area (Å²) in [4.78, 5) is 15.6. The molecule has 0 aliphatic rings. The second-order valence-electron chi connectivity index (χ2n) is 15.3. The molecule has 0 unspecified atom stereocenters. The first-order valence-corrected chi connectivity index (χ1v) is 20.0. The Morgan fingerprint density at radius 1 is 0.305 bits per heavy atom. The van der Waals surface area contributed by atoms with Crippen LogP contribution in [0, 0.1) is 0 Å². The minimum absolute atomic E-state index is 0.565. The minimum atomic E-state index is 0.565. The van der Waals surface area contributed by atoms with Crippen LogP contribution in [-0.2, 0) is 0 Å². The van der Waals surface area contributed by atoms with E-state index in [0.717, 1.165) is 55.2 Å². The van der Waals surface area contributed by atoms with E-state index < -0.39 is 0 Å². The highest BCUT2D eigenvalue weighted by Gasteiger charge is 2.23. The van der Waals surface area contributed by atoms with Crippen LogP contribution in [-0.4, -0.2) is 28.3 Å². The van der Waals surface area contributed by atoms with Gasteiger partial charge in [-0.15, -0.1) is 0 Å². The van der Waals surface area contributed by atoms with Gasteiger partial charge in [-0.25, -0.2) is 4.98 Å². The molecular weight excluding hydrogens is 721 g/mol. The number of benzene rings is 8. The van der Waals surface area contributed by atoms with Gasteiger partial charge in [0.2, 0.25) is 5.95 Å². The van der Waals surface area contributed by atoms with Crippen LogP contribution >= 0.6 is 0 Å². The fourth-order valence-electron chi connectivity index (χ4n) is 9.50. The van der Waals surface area contributed by atoms with Crippen molar-refractivity contribution in [1.29, 1.82) is 0 Å². The second-order valence-corrected chi connectivity index (χ2v) is 15.3. The first-order chi connectivity index (χ1) is 29.3. The Morgan fingerprint density at radius 2 is 0.814 bits per heavy atom. The van der Waals surface area contributed by atoms with Gasteiger partial charge in [-0.2, -0.15) is 9.97 Å². The van der Waals surface area contributed by atoms with Gasteiger partial charge in [0.25, 0.3) is 0 Å². The fourth-order valence-corrected chi connectivity index (χ4v) is 9.50. The summed E-state index contributed by atoms with van der Waals surface area (Å²) in [5.74, 6) is 1.81. The smallest absolute Gasteiger partial charge is 0.238 e. The van der Waals surface area contributed by atoms with Crippen molar-refractivity contribution in [1.82, 2.24) is 28.3 Å². The molecule has 13 aromatic rings. The third-order valence-corrected chi connectivity index (χ3v) is 12.0. The minimum Gasteiger partial charge on any atom is -0.306 e. The lowest BCUT2D eigenvalue weighted by Gasteiger charge is -2.14. The molecule has 0 aliphatic carbocycles. The van der Waals surface area contributed by atoms with Crippen molar-refractivity contribution in [3.05, 3.63) is 194 Å². The molecule has 6 nitrogen and oxygen atoms in total. The average molecular weight is 753 g/mol. The number of hydrogen-bond acceptors (Lipinski definition) is 3. The molecule has 0 spiro atoms. The third kappa shape index (κ3) is 4.59. The predicted molar refractivity (Wildman–Crippen MR) is 242 cm³/mol. The van der Waals surface area contributed by atoms with E-state index in [2.05, 4.69) is 171 Å². The maximum absolute atomic E-state index is 5.27. The van der Waals surface area contributed by atoms with Crippen molar-refractivity contribution in [2.75, 3.05) is 0 Å². The SMILES string of the molecule is c1ccc(-c2nc(-c3ccccc3)nc(-n3c4ccccc4c4cc5c(cc43)n3c(-c4ccccc4)cc4cccc(c6cccc7c8ccccc8n5c67)c43)n2)cc1. The molecule has 0 bridgehead atoms. The summed E-state index contributed by atoms with van der Waals surface area (Å²) in [6.45, 7) is 0. The van der Waals surface area contributed by atoms with E-state index in [4.69, 9.17) is 15.0 Å². The van der Waals surface area contributed by atoms with E-state index >= 15 is 0 Å². The number of hydrogen-bond donors (Lipinski definition) is 0. The summed E-state index contributed by atoms with van der Waals surface area (Å²) in [6.07, 6.45) is 0. The predicted octanol–water partition coefficient (Wildman–Crippen LogP) is 13.1. The normalized spacial score (nSPS) is 12.1. The first-order valence-electron chi connectivity index (χ1n) is 20.0. The molecule has 8 aromatic carbocycles. The lowest BCUT2D eigenvalue weighted by atomic mass is 10.1. The lowest BCUT2D eigenvalue weighted by molar-refractivity contribution is 0.953. The summed E-state index contributed by atoms with van der Waals surface area (Å²) < 4.78 is 7.23. The monoisotopic (exact) mass is 752 g/mol. The van der Waals surface area contributed by atoms with Crippen LogP contribution < -0.4 is 0 Å². The maximum atomic E-state index is 5.27. The van der Waals surface area contributed by atoms with Gasteiger partial charge in [0.1, 0.15) is 0 Å². The van der Waals surface area contributed by atoms with E-state index in [1.54, 1.807) is 0 Å². The van der Waals surface area contributed by atoms with Crippen LogP contribution in [0.3, 0.4) is 0 Å². The van der Waals surface area contributed by atoms with Crippen LogP contribution in [0.5, 0.6) is 0 Å². The third-order valence-electron chi connectivity index (χ3n) is 12.0. The Kier molecular flexibility index (Phi) is 6.63. The molecule has 6 heteroatoms. The summed E-state index contributed by atoms with van der Waals surface area (Å²) in [7, 11) is 0. The molecule has 5 aromatic heterocycles. The van der Waals surface area contributed by atoms with Gasteiger partial charge in [-0.05, 0) is 35.9 Å². The molecule has 0 radical (unpaired) electrons. The topological polar surface area (TPSA) is 52.4 Å². The number of fused-ring (bicyclic) bond motifs is 10. The maximum Gasteiger partial charge on any atom is 0.238 e. The van der Waals surface area contributed by atoms with Crippen LogP contribution in [0.2, 0.25) is 0 Å². The van der Waals surface area contributed by atoms with Gasteiger partial charge in [-0.1, -0.05) is 164 Å². The van der Waals surface area contributed by atoms with Gasteiger partial charge >= 0.3 is 0 Å². The van der Waals surface area contributed by atoms with Crippen molar-refractivity contribution >= 4 is 76.3 Å². The quantitative estimate of drug-likeness (QED) is 0.180. The molecule has 0 saturated carbocycles. The van der Waals surface area contributed by atoms with Gasteiger partial charge < -0.3 is 8.80 Å². The molecule has 0 aliphatic heterocycles. The van der Waals surface area contributed by atoms with E-state index in [1.807, 2.05) is 36.4 Å². The Hall–Kier alpha value is -8.09. The van der Waals surface area contributed by atoms with E-state index in [9.17, 15) is 0 Å². The molecule has 59 heavy (non-hydrogen) atoms. The molecule has 5 heterocycles. The highest BCUT2D eigenvalue weighted by molar-refractivity contribution is 6.23. The molecule has 0 fully saturated rings. The van der Waals surface area contributed by atoms with E-state index in [0.29, 0.717) is 17.6 Å². The highest BCUT2D eigenvalue weighted by Crippen LogP contribution is 2.42. The molecular formula is C53H32N6. The average Bonchev–Trinajstić information content (AvgIpc) is 3.97. The Morgan fingerprint density at radius 3 is 1.49 bits per heavy atom. The zero-order chi connectivity index (χ0) is 38.6. The van der Waals surface area contributed by atoms with Gasteiger partial charge in [0, 0.05) is 48.8 Å². The first kappa shape index (κ1) is 32.0. The van der Waals surface area contributed by atoms with Crippen LogP contribution in [0.15, 0.2) is 194 Å². The molecule has 0 atom stereocenters. The second kappa shape index (κ2) is 12.2. The number of para-hydroxylation sites is 4. The zero-order valence-electron chi connectivity index (χ0n) is 31.7. The molecule has 0 N–H and O–H groups in total. The van der Waals surface area contributed by atoms with Crippen LogP contribution in [0.25, 0.3) is 116 Å². The lowest BCUT2D eigenvalue weighted by Crippen LogP contribution is -2.06. The van der Waals surface area contributed by atoms with E-state index in [1.165, 1.54) is 43.5 Å². The van der Waals surface area contributed by atoms with Gasteiger partial charge in [0.15, 0.2) is 11.6 Å². The molecule has 274 valence electrons. The Bertz CT molecular complexity index is 3770. The fraction of sp³-hybridized carbons (Fsp3) is 0. The number of nitrogens with zero attached hydrogens (tertiary/aromatic N) is 6. The summed E-state index contributed by atoms with van der Waals surface area (Å²) >= 11 is 0. The summed E-state index contributed by atoms with van der Waals surface area (Å²) in [5, 5.41) is 8.30. The van der Waals surface area contributed by atoms with Crippen LogP contribution in [0.1, 0.15) is 0 Å². The molecule has 13 rings (SSSR count). The summed E-state index contributed by atoms with van der Waals surface area (Å²) in [5.41, 5.74) is 11.9. The largest absolute Gasteiger partial charge is 0.306 e. The van der Waals surface area contributed by atoms with Gasteiger partial charge in [0.05, 0.1) is 44.3 Å². The van der Waals surface area contributed by atoms with Crippen molar-refractivity contribution in [3.8, 4) is 40.0 Å². The Balaban J connectivity index is 1.28. The molecule has 0 amide bonds. The van der Waals surface area contributed by atoms with Crippen molar-refractivity contribution in [3.63, 3.8) is 0 Å². The van der Waals surface area contributed by atoms with Crippen molar-refractivity contribution in [2.24, 2.45) is 0 Å². The van der Waals surface area contributed by atoms with E-state index in [-0.39, 0.29) is 0 Å². The molecule has 0 saturated heterocycles. The van der Waals surface area contributed by atoms with Crippen molar-refractivity contribution < 1.29 is 0 Å². The van der Waals surface area contributed by atoms with Crippen molar-refractivity contribution in [2.45, 2.75) is 0 Å². The highest BCUT2D eigenvalue weighted by atomic mass is 15.2. The standard InChI is InChI=1S/C53H32N6/c1-4-16-33(17-5-1)45-30-36-22-14-25-40-41-27-15-26-39-37-23-10-12-28-43(37)57(50(39)41)47-31-42-38-24-11-13-29-44(38)59(46(42)32-48(47)58(45)49(36)40)53-55-51(34-18-6-2-7-19-34)54-52(56-53)35-20-8-3-9-21-35/h1-32H. The van der Waals surface area contributed by atoms with Crippen LogP contribution in [0.4, 0.5) is 0 Å². The number of aromatic nitrogens is 6. The zero-order valence-corrected chi connectivity index (χ0v) is 31.7. The van der Waals surface area contributed by atoms with Gasteiger partial charge in [-0.3, -0.25) is 4.57 Å². The number of rotatable bonds is 4.